The van der Waals surface area contributed by atoms with Crippen molar-refractivity contribution in [3.8, 4) is 5.88 Å². The minimum Gasteiger partial charge on any atom is -0.480 e. The van der Waals surface area contributed by atoms with E-state index in [1.54, 1.807) is 6.07 Å². The summed E-state index contributed by atoms with van der Waals surface area (Å²) in [6, 6.07) is 3.68. The van der Waals surface area contributed by atoms with Crippen LogP contribution in [-0.2, 0) is 11.0 Å². The monoisotopic (exact) mass is 506 g/mol. The maximum atomic E-state index is 13.1. The molecular weight excluding hydrogens is 479 g/mol. The average molecular weight is 507 g/mol. The Bertz CT molecular complexity index is 1310. The van der Waals surface area contributed by atoms with Gasteiger partial charge in [-0.15, -0.1) is 11.3 Å². The maximum absolute atomic E-state index is 13.1. The molecule has 3 aromatic rings. The molecule has 1 saturated heterocycles. The number of ether oxygens (including phenoxy) is 1. The number of carbonyl (C=O) groups excluding carboxylic acids is 1. The van der Waals surface area contributed by atoms with Crippen molar-refractivity contribution in [2.45, 2.75) is 32.6 Å². The molecule has 3 aromatic heterocycles. The van der Waals surface area contributed by atoms with Crippen LogP contribution >= 0.6 is 18.9 Å². The standard InChI is InChI=1S/C22H27N4O6PS/c1-14-9-17(34-13-14)11-19(27)26-22(28)20-16(12-23-26)10-18(24-21(20)32-2)25-6-3-15(4-7-25)5-8-33(29,30)31/h9-10,12-13,15H,3-8,11H2,1-2H3,(H2,29,30,31). The first-order valence-corrected chi connectivity index (χ1v) is 13.7. The number of carbonyl (C=O) groups is 1. The summed E-state index contributed by atoms with van der Waals surface area (Å²) in [5.41, 5.74) is 0.499. The van der Waals surface area contributed by atoms with Gasteiger partial charge >= 0.3 is 7.60 Å². The van der Waals surface area contributed by atoms with Crippen molar-refractivity contribution in [1.82, 2.24) is 14.8 Å². The molecule has 4 rings (SSSR count). The molecule has 0 saturated carbocycles. The van der Waals surface area contributed by atoms with Crippen LogP contribution < -0.4 is 15.2 Å². The van der Waals surface area contributed by atoms with E-state index in [0.717, 1.165) is 28.0 Å². The summed E-state index contributed by atoms with van der Waals surface area (Å²) in [6.07, 6.45) is 3.55. The van der Waals surface area contributed by atoms with Crippen molar-refractivity contribution >= 4 is 41.4 Å². The van der Waals surface area contributed by atoms with Gasteiger partial charge in [-0.05, 0) is 55.2 Å². The third-order valence-corrected chi connectivity index (χ3v) is 7.92. The summed E-state index contributed by atoms with van der Waals surface area (Å²) in [7, 11) is -2.55. The minimum absolute atomic E-state index is 0.0850. The van der Waals surface area contributed by atoms with E-state index >= 15 is 0 Å². The van der Waals surface area contributed by atoms with Crippen molar-refractivity contribution in [3.05, 3.63) is 44.5 Å². The predicted octanol–water partition coefficient (Wildman–Crippen LogP) is 2.84. The highest BCUT2D eigenvalue weighted by Gasteiger charge is 2.25. The van der Waals surface area contributed by atoms with Crippen LogP contribution in [-0.4, -0.2) is 56.8 Å². The molecule has 1 fully saturated rings. The van der Waals surface area contributed by atoms with Crippen LogP contribution in [0.3, 0.4) is 0 Å². The number of aromatic nitrogens is 3. The molecule has 0 aliphatic carbocycles. The third-order valence-electron chi connectivity index (χ3n) is 6.03. The zero-order valence-electron chi connectivity index (χ0n) is 19.0. The molecule has 12 heteroatoms. The first-order chi connectivity index (χ1) is 16.1. The highest BCUT2D eigenvalue weighted by molar-refractivity contribution is 7.51. The van der Waals surface area contributed by atoms with Crippen molar-refractivity contribution < 1.29 is 23.9 Å². The first-order valence-electron chi connectivity index (χ1n) is 11.0. The second-order valence-corrected chi connectivity index (χ2v) is 11.4. The molecule has 0 aromatic carbocycles. The Kier molecular flexibility index (Phi) is 7.18. The fourth-order valence-corrected chi connectivity index (χ4v) is 5.79. The van der Waals surface area contributed by atoms with Gasteiger partial charge in [0.2, 0.25) is 5.88 Å². The molecule has 1 aliphatic heterocycles. The molecule has 4 heterocycles. The molecular formula is C22H27N4O6PS. The van der Waals surface area contributed by atoms with Gasteiger partial charge in [0.25, 0.3) is 11.5 Å². The smallest absolute Gasteiger partial charge is 0.325 e. The van der Waals surface area contributed by atoms with E-state index in [1.807, 2.05) is 18.4 Å². The summed E-state index contributed by atoms with van der Waals surface area (Å²) in [4.78, 5) is 51.5. The Hall–Kier alpha value is -2.59. The minimum atomic E-state index is -3.98. The highest BCUT2D eigenvalue weighted by atomic mass is 32.1. The Morgan fingerprint density at radius 3 is 2.65 bits per heavy atom. The average Bonchev–Trinajstić information content (AvgIpc) is 3.21. The van der Waals surface area contributed by atoms with Gasteiger partial charge in [0.05, 0.1) is 25.9 Å². The Labute approximate surface area is 200 Å². The van der Waals surface area contributed by atoms with Crippen LogP contribution in [0.2, 0.25) is 0 Å². The number of aryl methyl sites for hydroxylation is 1. The van der Waals surface area contributed by atoms with Gasteiger partial charge in [0.1, 0.15) is 11.2 Å². The van der Waals surface area contributed by atoms with Crippen molar-refractivity contribution in [3.63, 3.8) is 0 Å². The number of thiophene rings is 1. The molecule has 0 unspecified atom stereocenters. The van der Waals surface area contributed by atoms with Crippen LogP contribution in [0.15, 0.2) is 28.5 Å². The summed E-state index contributed by atoms with van der Waals surface area (Å²) in [6.45, 7) is 3.30. The molecule has 34 heavy (non-hydrogen) atoms. The van der Waals surface area contributed by atoms with E-state index in [9.17, 15) is 14.2 Å². The summed E-state index contributed by atoms with van der Waals surface area (Å²) in [5, 5.41) is 6.80. The van der Waals surface area contributed by atoms with Gasteiger partial charge in [0.15, 0.2) is 0 Å². The molecule has 0 radical (unpaired) electrons. The summed E-state index contributed by atoms with van der Waals surface area (Å²) < 4.78 is 17.4. The van der Waals surface area contributed by atoms with Crippen molar-refractivity contribution in [2.24, 2.45) is 5.92 Å². The van der Waals surface area contributed by atoms with Crippen LogP contribution in [0.1, 0.15) is 34.5 Å². The van der Waals surface area contributed by atoms with E-state index in [0.29, 0.717) is 30.7 Å². The highest BCUT2D eigenvalue weighted by Crippen LogP contribution is 2.38. The topological polar surface area (TPSA) is 135 Å². The van der Waals surface area contributed by atoms with Crippen LogP contribution in [0.4, 0.5) is 5.82 Å². The van der Waals surface area contributed by atoms with Gasteiger partial charge in [-0.3, -0.25) is 14.2 Å². The van der Waals surface area contributed by atoms with Gasteiger partial charge in [-0.25, -0.2) is 0 Å². The number of hydrogen-bond donors (Lipinski definition) is 2. The molecule has 1 aliphatic rings. The van der Waals surface area contributed by atoms with Gasteiger partial charge < -0.3 is 19.4 Å². The third kappa shape index (κ3) is 5.55. The molecule has 2 N–H and O–H groups in total. The largest absolute Gasteiger partial charge is 0.480 e. The fraction of sp³-hybridized carbons (Fsp3) is 0.455. The number of hydrogen-bond acceptors (Lipinski definition) is 8. The number of piperidine rings is 1. The van der Waals surface area contributed by atoms with Gasteiger partial charge in [0, 0.05) is 23.4 Å². The van der Waals surface area contributed by atoms with Crippen LogP contribution in [0.5, 0.6) is 5.88 Å². The molecule has 10 nitrogen and oxygen atoms in total. The van der Waals surface area contributed by atoms with Crippen LogP contribution in [0, 0.1) is 12.8 Å². The number of nitrogens with zero attached hydrogens (tertiary/aromatic N) is 4. The van der Waals surface area contributed by atoms with E-state index in [-0.39, 0.29) is 29.8 Å². The quantitative estimate of drug-likeness (QED) is 0.464. The van der Waals surface area contributed by atoms with E-state index < -0.39 is 19.1 Å². The fourth-order valence-electron chi connectivity index (χ4n) is 4.22. The van der Waals surface area contributed by atoms with E-state index in [1.165, 1.54) is 24.6 Å². The number of anilines is 1. The number of fused-ring (bicyclic) bond motifs is 1. The van der Waals surface area contributed by atoms with Crippen LogP contribution in [0.25, 0.3) is 10.8 Å². The predicted molar refractivity (Wildman–Crippen MR) is 130 cm³/mol. The molecule has 0 atom stereocenters. The number of pyridine rings is 1. The molecule has 182 valence electrons. The van der Waals surface area contributed by atoms with Crippen molar-refractivity contribution in [1.29, 1.82) is 0 Å². The first kappa shape index (κ1) is 24.5. The van der Waals surface area contributed by atoms with Gasteiger partial charge in [-0.1, -0.05) is 0 Å². The normalized spacial score (nSPS) is 15.1. The molecule has 0 amide bonds. The zero-order valence-corrected chi connectivity index (χ0v) is 20.7. The number of rotatable bonds is 7. The lowest BCUT2D eigenvalue weighted by Gasteiger charge is -2.33. The second kappa shape index (κ2) is 9.95. The maximum Gasteiger partial charge on any atom is 0.325 e. The Morgan fingerprint density at radius 1 is 1.29 bits per heavy atom. The van der Waals surface area contributed by atoms with E-state index in [2.05, 4.69) is 15.0 Å². The van der Waals surface area contributed by atoms with Gasteiger partial charge in [-0.2, -0.15) is 14.8 Å². The summed E-state index contributed by atoms with van der Waals surface area (Å²) >= 11 is 1.47. The Balaban J connectivity index is 1.55. The van der Waals surface area contributed by atoms with Crippen molar-refractivity contribution in [2.75, 3.05) is 31.3 Å². The molecule has 0 spiro atoms. The SMILES string of the molecule is COc1nc(N2CCC(CCP(=O)(O)O)CC2)cc2cnn(C(=O)Cc3cc(C)cs3)c(=O)c12. The molecule has 0 bridgehead atoms. The lowest BCUT2D eigenvalue weighted by molar-refractivity contribution is 0.0893. The lowest BCUT2D eigenvalue weighted by Crippen LogP contribution is -2.35. The van der Waals surface area contributed by atoms with E-state index in [4.69, 9.17) is 14.5 Å². The zero-order chi connectivity index (χ0) is 24.5. The Morgan fingerprint density at radius 2 is 2.03 bits per heavy atom. The lowest BCUT2D eigenvalue weighted by atomic mass is 9.94. The second-order valence-electron chi connectivity index (χ2n) is 8.58. The number of methoxy groups -OCH3 is 1. The summed E-state index contributed by atoms with van der Waals surface area (Å²) in [5.74, 6) is 0.602.